The van der Waals surface area contributed by atoms with Gasteiger partial charge in [0.1, 0.15) is 0 Å². The summed E-state index contributed by atoms with van der Waals surface area (Å²) in [5.74, 6) is 0.612. The third-order valence-electron chi connectivity index (χ3n) is 5.41. The standard InChI is InChI=1S/C23H22BrN3O3S/c1-3-30-20-9-15(8-19(24)22(20)29)17-10-21(28)27-12-26(13-31-23(27)18(17)11-25)16-6-4-5-14(2)7-16/h4-9,17,29H,3,10,12-13H2,1-2H3/t17-/m0/s1. The van der Waals surface area contributed by atoms with Crippen molar-refractivity contribution in [3.63, 3.8) is 0 Å². The molecule has 6 nitrogen and oxygen atoms in total. The normalized spacial score (nSPS) is 18.6. The molecule has 0 bridgehead atoms. The maximum absolute atomic E-state index is 13.1. The van der Waals surface area contributed by atoms with Crippen LogP contribution in [0.5, 0.6) is 11.5 Å². The molecule has 0 saturated carbocycles. The van der Waals surface area contributed by atoms with Crippen molar-refractivity contribution in [2.75, 3.05) is 24.1 Å². The second-order valence-electron chi connectivity index (χ2n) is 7.49. The first-order valence-electron chi connectivity index (χ1n) is 9.97. The topological polar surface area (TPSA) is 76.8 Å². The second-order valence-corrected chi connectivity index (χ2v) is 9.27. The number of rotatable bonds is 4. The van der Waals surface area contributed by atoms with Gasteiger partial charge in [0, 0.05) is 18.0 Å². The summed E-state index contributed by atoms with van der Waals surface area (Å²) in [7, 11) is 0. The van der Waals surface area contributed by atoms with Gasteiger partial charge in [-0.2, -0.15) is 5.26 Å². The predicted molar refractivity (Wildman–Crippen MR) is 125 cm³/mol. The van der Waals surface area contributed by atoms with Gasteiger partial charge in [-0.05, 0) is 65.2 Å². The number of nitriles is 1. The minimum absolute atomic E-state index is 0.0151. The van der Waals surface area contributed by atoms with Gasteiger partial charge in [-0.15, -0.1) is 0 Å². The molecule has 2 aliphatic rings. The number of aryl methyl sites for hydroxylation is 1. The van der Waals surface area contributed by atoms with Crippen LogP contribution in [0.3, 0.4) is 0 Å². The number of phenolic OH excluding ortho intramolecular Hbond substituents is 1. The van der Waals surface area contributed by atoms with Gasteiger partial charge in [0.25, 0.3) is 0 Å². The monoisotopic (exact) mass is 499 g/mol. The van der Waals surface area contributed by atoms with E-state index in [4.69, 9.17) is 4.74 Å². The van der Waals surface area contributed by atoms with Crippen LogP contribution in [0.1, 0.15) is 30.4 Å². The zero-order valence-electron chi connectivity index (χ0n) is 17.3. The van der Waals surface area contributed by atoms with E-state index in [1.807, 2.05) is 32.0 Å². The highest BCUT2D eigenvalue weighted by Gasteiger charge is 2.38. The minimum atomic E-state index is -0.377. The number of thioether (sulfide) groups is 1. The van der Waals surface area contributed by atoms with Crippen molar-refractivity contribution in [1.82, 2.24) is 4.90 Å². The fourth-order valence-electron chi connectivity index (χ4n) is 3.90. The van der Waals surface area contributed by atoms with E-state index in [2.05, 4.69) is 33.0 Å². The first-order chi connectivity index (χ1) is 14.9. The van der Waals surface area contributed by atoms with Crippen LogP contribution in [-0.4, -0.2) is 35.1 Å². The maximum Gasteiger partial charge on any atom is 0.229 e. The number of fused-ring (bicyclic) bond motifs is 1. The lowest BCUT2D eigenvalue weighted by Crippen LogP contribution is -2.47. The maximum atomic E-state index is 13.1. The van der Waals surface area contributed by atoms with Crippen LogP contribution in [-0.2, 0) is 4.79 Å². The largest absolute Gasteiger partial charge is 0.503 e. The number of anilines is 1. The van der Waals surface area contributed by atoms with E-state index < -0.39 is 0 Å². The average molecular weight is 500 g/mol. The van der Waals surface area contributed by atoms with Gasteiger partial charge in [0.05, 0.1) is 40.3 Å². The summed E-state index contributed by atoms with van der Waals surface area (Å²) in [4.78, 5) is 17.0. The molecule has 1 fully saturated rings. The number of allylic oxidation sites excluding steroid dienone is 1. The van der Waals surface area contributed by atoms with Crippen LogP contribution in [0.25, 0.3) is 0 Å². The number of hydrogen-bond donors (Lipinski definition) is 1. The van der Waals surface area contributed by atoms with E-state index in [0.29, 0.717) is 34.9 Å². The van der Waals surface area contributed by atoms with E-state index in [0.717, 1.165) is 21.8 Å². The SMILES string of the molecule is CCOc1cc([C@@H]2CC(=O)N3CN(c4cccc(C)c4)CSC3=C2C#N)cc(Br)c1O. The number of hydrogen-bond acceptors (Lipinski definition) is 6. The van der Waals surface area contributed by atoms with E-state index in [1.165, 1.54) is 11.8 Å². The summed E-state index contributed by atoms with van der Waals surface area (Å²) in [5, 5.41) is 21.0. The quantitative estimate of drug-likeness (QED) is 0.631. The highest BCUT2D eigenvalue weighted by Crippen LogP contribution is 2.46. The zero-order chi connectivity index (χ0) is 22.1. The summed E-state index contributed by atoms with van der Waals surface area (Å²) in [5.41, 5.74) is 3.57. The Hall–Kier alpha value is -2.63. The highest BCUT2D eigenvalue weighted by molar-refractivity contribution is 9.10. The molecule has 2 aromatic rings. The molecule has 160 valence electrons. The Bertz CT molecular complexity index is 1110. The van der Waals surface area contributed by atoms with Gasteiger partial charge in [0.15, 0.2) is 11.5 Å². The van der Waals surface area contributed by atoms with Crippen LogP contribution in [0.2, 0.25) is 0 Å². The Balaban J connectivity index is 1.69. The molecule has 0 aromatic heterocycles. The molecular weight excluding hydrogens is 478 g/mol. The number of aromatic hydroxyl groups is 1. The molecular formula is C23H22BrN3O3S. The second kappa shape index (κ2) is 8.85. The molecule has 1 N–H and O–H groups in total. The fraction of sp³-hybridized carbons (Fsp3) is 0.304. The number of ether oxygens (including phenoxy) is 1. The lowest BCUT2D eigenvalue weighted by atomic mass is 9.86. The summed E-state index contributed by atoms with van der Waals surface area (Å²) in [6, 6.07) is 14.0. The van der Waals surface area contributed by atoms with Gasteiger partial charge in [-0.3, -0.25) is 9.69 Å². The molecule has 0 unspecified atom stereocenters. The fourth-order valence-corrected chi connectivity index (χ4v) is 5.52. The summed E-state index contributed by atoms with van der Waals surface area (Å²) in [6.07, 6.45) is 0.192. The van der Waals surface area contributed by atoms with Gasteiger partial charge in [-0.1, -0.05) is 23.9 Å². The molecule has 31 heavy (non-hydrogen) atoms. The lowest BCUT2D eigenvalue weighted by molar-refractivity contribution is -0.129. The zero-order valence-corrected chi connectivity index (χ0v) is 19.7. The number of carbonyl (C=O) groups excluding carboxylic acids is 1. The predicted octanol–water partition coefficient (Wildman–Crippen LogP) is 5.08. The van der Waals surface area contributed by atoms with Crippen LogP contribution in [0.15, 0.2) is 51.5 Å². The van der Waals surface area contributed by atoms with E-state index in [-0.39, 0.29) is 24.0 Å². The van der Waals surface area contributed by atoms with E-state index in [9.17, 15) is 15.2 Å². The Kier molecular flexibility index (Phi) is 6.17. The number of amides is 1. The average Bonchev–Trinajstić information content (AvgIpc) is 2.76. The van der Waals surface area contributed by atoms with Crippen molar-refractivity contribution in [3.8, 4) is 17.6 Å². The molecule has 8 heteroatoms. The molecule has 2 heterocycles. The van der Waals surface area contributed by atoms with Crippen LogP contribution >= 0.6 is 27.7 Å². The first kappa shape index (κ1) is 21.6. The van der Waals surface area contributed by atoms with E-state index in [1.54, 1.807) is 17.0 Å². The first-order valence-corrected chi connectivity index (χ1v) is 11.7. The molecule has 1 saturated heterocycles. The number of phenols is 1. The van der Waals surface area contributed by atoms with Crippen LogP contribution in [0, 0.1) is 18.3 Å². The van der Waals surface area contributed by atoms with Gasteiger partial charge >= 0.3 is 0 Å². The molecule has 2 aromatic carbocycles. The molecule has 1 atom stereocenters. The van der Waals surface area contributed by atoms with Gasteiger partial charge < -0.3 is 14.7 Å². The molecule has 0 aliphatic carbocycles. The number of benzene rings is 2. The third-order valence-corrected chi connectivity index (χ3v) is 7.17. The van der Waals surface area contributed by atoms with Gasteiger partial charge in [-0.25, -0.2) is 0 Å². The lowest BCUT2D eigenvalue weighted by Gasteiger charge is -2.42. The van der Waals surface area contributed by atoms with Gasteiger partial charge in [0.2, 0.25) is 5.91 Å². The van der Waals surface area contributed by atoms with E-state index >= 15 is 0 Å². The molecule has 4 rings (SSSR count). The number of carbonyl (C=O) groups is 1. The van der Waals surface area contributed by atoms with Crippen molar-refractivity contribution in [2.45, 2.75) is 26.2 Å². The third kappa shape index (κ3) is 4.12. The van der Waals surface area contributed by atoms with Crippen LogP contribution < -0.4 is 9.64 Å². The van der Waals surface area contributed by atoms with Crippen molar-refractivity contribution in [2.24, 2.45) is 0 Å². The Morgan fingerprint density at radius 1 is 1.35 bits per heavy atom. The Morgan fingerprint density at radius 2 is 2.16 bits per heavy atom. The van der Waals surface area contributed by atoms with Crippen molar-refractivity contribution < 1.29 is 14.6 Å². The molecule has 2 aliphatic heterocycles. The number of halogens is 1. The smallest absolute Gasteiger partial charge is 0.229 e. The molecule has 1 amide bonds. The highest BCUT2D eigenvalue weighted by atomic mass is 79.9. The summed E-state index contributed by atoms with van der Waals surface area (Å²) in [6.45, 7) is 4.70. The molecule has 0 radical (unpaired) electrons. The van der Waals surface area contributed by atoms with Crippen molar-refractivity contribution in [1.29, 1.82) is 5.26 Å². The van der Waals surface area contributed by atoms with Crippen LogP contribution in [0.4, 0.5) is 5.69 Å². The number of nitrogens with zero attached hydrogens (tertiary/aromatic N) is 3. The summed E-state index contributed by atoms with van der Waals surface area (Å²) >= 11 is 4.87. The Labute approximate surface area is 194 Å². The summed E-state index contributed by atoms with van der Waals surface area (Å²) < 4.78 is 6.02. The molecule has 0 spiro atoms. The Morgan fingerprint density at radius 3 is 2.87 bits per heavy atom. The van der Waals surface area contributed by atoms with Crippen molar-refractivity contribution >= 4 is 39.3 Å². The van der Waals surface area contributed by atoms with Crippen molar-refractivity contribution in [3.05, 3.63) is 62.6 Å². The minimum Gasteiger partial charge on any atom is -0.503 e.